The first-order valence-electron chi connectivity index (χ1n) is 11.9. The van der Waals surface area contributed by atoms with Crippen molar-refractivity contribution in [2.24, 2.45) is 0 Å². The maximum atomic E-state index is 12.4. The van der Waals surface area contributed by atoms with Gasteiger partial charge in [0.05, 0.1) is 18.8 Å². The second kappa shape index (κ2) is 10.3. The van der Waals surface area contributed by atoms with Gasteiger partial charge in [-0.15, -0.1) is 5.10 Å². The number of nitrogens with one attached hydrogen (secondary N) is 1. The predicted molar refractivity (Wildman–Crippen MR) is 125 cm³/mol. The number of aromatic nitrogens is 3. The van der Waals surface area contributed by atoms with E-state index in [2.05, 4.69) is 44.8 Å². The SMILES string of the molecule is O=C(CCc1ccccc1)NC1CCN(Cc2nnn3c2COC(c2ccccc2)C3)CC1. The Hall–Kier alpha value is -3.03. The summed E-state index contributed by atoms with van der Waals surface area (Å²) < 4.78 is 8.12. The molecular formula is C26H31N5O2. The number of amides is 1. The van der Waals surface area contributed by atoms with Crippen molar-refractivity contribution in [3.8, 4) is 0 Å². The zero-order valence-electron chi connectivity index (χ0n) is 18.9. The second-order valence-electron chi connectivity index (χ2n) is 8.98. The number of ether oxygens (including phenoxy) is 1. The molecule has 5 rings (SSSR count). The molecule has 2 aromatic carbocycles. The highest BCUT2D eigenvalue weighted by Gasteiger charge is 2.27. The zero-order valence-corrected chi connectivity index (χ0v) is 18.9. The van der Waals surface area contributed by atoms with Crippen LogP contribution in [0.15, 0.2) is 60.7 Å². The lowest BCUT2D eigenvalue weighted by Gasteiger charge is -2.32. The molecule has 3 aromatic rings. The van der Waals surface area contributed by atoms with Crippen LogP contribution >= 0.6 is 0 Å². The molecule has 1 N–H and O–H groups in total. The van der Waals surface area contributed by atoms with Gasteiger partial charge in [-0.3, -0.25) is 9.69 Å². The summed E-state index contributed by atoms with van der Waals surface area (Å²) >= 11 is 0. The van der Waals surface area contributed by atoms with Crippen molar-refractivity contribution in [3.05, 3.63) is 83.2 Å². The maximum absolute atomic E-state index is 12.4. The first kappa shape index (κ1) is 21.8. The first-order valence-corrected chi connectivity index (χ1v) is 11.9. The molecule has 0 aliphatic carbocycles. The number of likely N-dealkylation sites (tertiary alicyclic amines) is 1. The van der Waals surface area contributed by atoms with Crippen molar-refractivity contribution in [3.63, 3.8) is 0 Å². The van der Waals surface area contributed by atoms with Gasteiger partial charge in [0.25, 0.3) is 0 Å². The smallest absolute Gasteiger partial charge is 0.220 e. The molecule has 7 heteroatoms. The van der Waals surface area contributed by atoms with Crippen molar-refractivity contribution >= 4 is 5.91 Å². The Morgan fingerprint density at radius 2 is 1.76 bits per heavy atom. The standard InChI is InChI=1S/C26H31N5O2/c32-26(12-11-20-7-3-1-4-8-20)27-22-13-15-30(16-14-22)17-23-24-19-33-25(18-31(24)29-28-23)21-9-5-2-6-10-21/h1-10,22,25H,11-19H2,(H,27,32). The van der Waals surface area contributed by atoms with Crippen molar-refractivity contribution < 1.29 is 9.53 Å². The third-order valence-corrected chi connectivity index (χ3v) is 6.66. The van der Waals surface area contributed by atoms with Crippen LogP contribution in [0.3, 0.4) is 0 Å². The van der Waals surface area contributed by atoms with Gasteiger partial charge >= 0.3 is 0 Å². The van der Waals surface area contributed by atoms with E-state index < -0.39 is 0 Å². The van der Waals surface area contributed by atoms with Crippen molar-refractivity contribution in [1.82, 2.24) is 25.2 Å². The average molecular weight is 446 g/mol. The normalized spacial score (nSPS) is 19.2. The minimum Gasteiger partial charge on any atom is -0.365 e. The van der Waals surface area contributed by atoms with Crippen LogP contribution in [0, 0.1) is 0 Å². The average Bonchev–Trinajstić information content (AvgIpc) is 3.27. The molecule has 0 radical (unpaired) electrons. The van der Waals surface area contributed by atoms with Crippen molar-refractivity contribution in [2.45, 2.75) is 57.5 Å². The van der Waals surface area contributed by atoms with Gasteiger partial charge in [0, 0.05) is 32.1 Å². The van der Waals surface area contributed by atoms with E-state index in [9.17, 15) is 4.79 Å². The fourth-order valence-corrected chi connectivity index (χ4v) is 4.70. The van der Waals surface area contributed by atoms with E-state index in [1.54, 1.807) is 0 Å². The lowest BCUT2D eigenvalue weighted by molar-refractivity contribution is -0.122. The van der Waals surface area contributed by atoms with E-state index in [4.69, 9.17) is 4.74 Å². The van der Waals surface area contributed by atoms with Crippen LogP contribution in [0.1, 0.15) is 47.9 Å². The summed E-state index contributed by atoms with van der Waals surface area (Å²) in [6, 6.07) is 20.7. The summed E-state index contributed by atoms with van der Waals surface area (Å²) in [5.74, 6) is 0.148. The minimum absolute atomic E-state index is 0.0227. The minimum atomic E-state index is 0.0227. The zero-order chi connectivity index (χ0) is 22.5. The molecule has 2 aliphatic rings. The van der Waals surface area contributed by atoms with Gasteiger partial charge in [0.15, 0.2) is 0 Å². The first-order chi connectivity index (χ1) is 16.2. The number of carbonyl (C=O) groups excluding carboxylic acids is 1. The molecule has 7 nitrogen and oxygen atoms in total. The fourth-order valence-electron chi connectivity index (χ4n) is 4.70. The summed E-state index contributed by atoms with van der Waals surface area (Å²) in [6.07, 6.45) is 3.28. The van der Waals surface area contributed by atoms with Gasteiger partial charge in [-0.2, -0.15) is 0 Å². The quantitative estimate of drug-likeness (QED) is 0.604. The second-order valence-corrected chi connectivity index (χ2v) is 8.98. The number of fused-ring (bicyclic) bond motifs is 1. The van der Waals surface area contributed by atoms with Gasteiger partial charge < -0.3 is 10.1 Å². The molecule has 0 spiro atoms. The lowest BCUT2D eigenvalue weighted by atomic mass is 10.0. The summed E-state index contributed by atoms with van der Waals surface area (Å²) in [6.45, 7) is 3.91. The Balaban J connectivity index is 1.08. The number of nitrogens with zero attached hydrogens (tertiary/aromatic N) is 4. The van der Waals surface area contributed by atoms with Crippen LogP contribution in [0.5, 0.6) is 0 Å². The third kappa shape index (κ3) is 5.49. The van der Waals surface area contributed by atoms with Crippen LogP contribution in [0.25, 0.3) is 0 Å². The number of rotatable bonds is 7. The van der Waals surface area contributed by atoms with Gasteiger partial charge in [-0.25, -0.2) is 4.68 Å². The van der Waals surface area contributed by atoms with Gasteiger partial charge in [-0.1, -0.05) is 65.9 Å². The van der Waals surface area contributed by atoms with E-state index in [-0.39, 0.29) is 18.1 Å². The Morgan fingerprint density at radius 3 is 2.52 bits per heavy atom. The highest BCUT2D eigenvalue weighted by molar-refractivity contribution is 5.76. The van der Waals surface area contributed by atoms with Crippen LogP contribution in [0.4, 0.5) is 0 Å². The maximum Gasteiger partial charge on any atom is 0.220 e. The summed E-state index contributed by atoms with van der Waals surface area (Å²) in [7, 11) is 0. The number of piperidine rings is 1. The van der Waals surface area contributed by atoms with Crippen LogP contribution in [-0.2, 0) is 35.6 Å². The van der Waals surface area contributed by atoms with E-state index in [0.717, 1.165) is 50.3 Å². The summed E-state index contributed by atoms with van der Waals surface area (Å²) in [5.41, 5.74) is 4.47. The van der Waals surface area contributed by atoms with E-state index in [1.807, 2.05) is 41.1 Å². The highest BCUT2D eigenvalue weighted by atomic mass is 16.5. The van der Waals surface area contributed by atoms with Crippen LogP contribution in [-0.4, -0.2) is 44.9 Å². The summed E-state index contributed by atoms with van der Waals surface area (Å²) in [4.78, 5) is 14.8. The van der Waals surface area contributed by atoms with Crippen molar-refractivity contribution in [2.75, 3.05) is 13.1 Å². The molecule has 33 heavy (non-hydrogen) atoms. The number of hydrogen-bond acceptors (Lipinski definition) is 5. The number of carbonyl (C=O) groups is 1. The topological polar surface area (TPSA) is 72.3 Å². The third-order valence-electron chi connectivity index (χ3n) is 6.66. The molecule has 1 amide bonds. The fraction of sp³-hybridized carbons (Fsp3) is 0.423. The van der Waals surface area contributed by atoms with Crippen LogP contribution in [0.2, 0.25) is 0 Å². The molecule has 1 aromatic heterocycles. The van der Waals surface area contributed by atoms with Crippen molar-refractivity contribution in [1.29, 1.82) is 0 Å². The summed E-state index contributed by atoms with van der Waals surface area (Å²) in [5, 5.41) is 12.1. The molecule has 1 saturated heterocycles. The van der Waals surface area contributed by atoms with Gasteiger partial charge in [0.1, 0.15) is 11.8 Å². The molecule has 2 aliphatic heterocycles. The largest absolute Gasteiger partial charge is 0.365 e. The number of benzene rings is 2. The molecule has 3 heterocycles. The molecule has 0 bridgehead atoms. The van der Waals surface area contributed by atoms with Gasteiger partial charge in [-0.05, 0) is 30.4 Å². The van der Waals surface area contributed by atoms with E-state index in [1.165, 1.54) is 11.1 Å². The van der Waals surface area contributed by atoms with Gasteiger partial charge in [0.2, 0.25) is 5.91 Å². The molecular weight excluding hydrogens is 414 g/mol. The molecule has 172 valence electrons. The molecule has 1 atom stereocenters. The monoisotopic (exact) mass is 445 g/mol. The Kier molecular flexibility index (Phi) is 6.79. The highest BCUT2D eigenvalue weighted by Crippen LogP contribution is 2.27. The number of hydrogen-bond donors (Lipinski definition) is 1. The Bertz CT molecular complexity index is 1050. The van der Waals surface area contributed by atoms with Crippen LogP contribution < -0.4 is 5.32 Å². The molecule has 1 fully saturated rings. The lowest BCUT2D eigenvalue weighted by Crippen LogP contribution is -2.44. The predicted octanol–water partition coefficient (Wildman–Crippen LogP) is 3.26. The van der Waals surface area contributed by atoms with E-state index in [0.29, 0.717) is 19.6 Å². The van der Waals surface area contributed by atoms with E-state index >= 15 is 0 Å². The number of aryl methyl sites for hydroxylation is 1. The Morgan fingerprint density at radius 1 is 1.03 bits per heavy atom. The molecule has 1 unspecified atom stereocenters. The Labute approximate surface area is 194 Å². The molecule has 0 saturated carbocycles.